The van der Waals surface area contributed by atoms with Crippen LogP contribution in [-0.4, -0.2) is 24.8 Å². The molecule has 1 heterocycles. The zero-order valence-electron chi connectivity index (χ0n) is 10.7. The fourth-order valence-corrected chi connectivity index (χ4v) is 2.17. The number of rotatable bonds is 3. The standard InChI is InChI=1S/C12H6ClN5O4/c13-8-3-1-2-4-10(8)16-14-9-5-7(17(19)20)6-11(18(21)22)12(9)15-16/h1-6H. The van der Waals surface area contributed by atoms with Crippen molar-refractivity contribution in [3.05, 3.63) is 61.6 Å². The van der Waals surface area contributed by atoms with Crippen LogP contribution in [0.1, 0.15) is 0 Å². The van der Waals surface area contributed by atoms with Crippen molar-refractivity contribution in [3.63, 3.8) is 0 Å². The van der Waals surface area contributed by atoms with Gasteiger partial charge in [-0.2, -0.15) is 0 Å². The van der Waals surface area contributed by atoms with Gasteiger partial charge < -0.3 is 0 Å². The highest BCUT2D eigenvalue weighted by Gasteiger charge is 2.23. The van der Waals surface area contributed by atoms with Gasteiger partial charge in [-0.3, -0.25) is 20.2 Å². The number of fused-ring (bicyclic) bond motifs is 1. The number of hydrogen-bond donors (Lipinski definition) is 0. The first-order valence-corrected chi connectivity index (χ1v) is 6.30. The van der Waals surface area contributed by atoms with Crippen molar-refractivity contribution in [2.24, 2.45) is 0 Å². The number of nitro groups is 2. The van der Waals surface area contributed by atoms with E-state index in [4.69, 9.17) is 11.6 Å². The molecule has 0 aliphatic rings. The minimum atomic E-state index is -0.735. The van der Waals surface area contributed by atoms with Gasteiger partial charge in [0.15, 0.2) is 5.52 Å². The van der Waals surface area contributed by atoms with Gasteiger partial charge in [0.25, 0.3) is 5.69 Å². The summed E-state index contributed by atoms with van der Waals surface area (Å²) < 4.78 is 0. The van der Waals surface area contributed by atoms with Gasteiger partial charge in [0, 0.05) is 6.07 Å². The zero-order valence-corrected chi connectivity index (χ0v) is 11.5. The van der Waals surface area contributed by atoms with Crippen LogP contribution in [0.5, 0.6) is 0 Å². The van der Waals surface area contributed by atoms with E-state index in [1.54, 1.807) is 24.3 Å². The lowest BCUT2D eigenvalue weighted by Gasteiger charge is -2.00. The lowest BCUT2D eigenvalue weighted by molar-refractivity contribution is -0.393. The van der Waals surface area contributed by atoms with Crippen molar-refractivity contribution >= 4 is 34.0 Å². The smallest absolute Gasteiger partial charge is 0.258 e. The third-order valence-corrected chi connectivity index (χ3v) is 3.25. The van der Waals surface area contributed by atoms with Gasteiger partial charge in [0.2, 0.25) is 0 Å². The summed E-state index contributed by atoms with van der Waals surface area (Å²) in [7, 11) is 0. The van der Waals surface area contributed by atoms with E-state index in [1.807, 2.05) is 0 Å². The molecule has 0 spiro atoms. The first-order valence-electron chi connectivity index (χ1n) is 5.92. The maximum absolute atomic E-state index is 11.1. The summed E-state index contributed by atoms with van der Waals surface area (Å²) in [4.78, 5) is 21.6. The van der Waals surface area contributed by atoms with E-state index >= 15 is 0 Å². The van der Waals surface area contributed by atoms with Crippen molar-refractivity contribution in [3.8, 4) is 5.69 Å². The summed E-state index contributed by atoms with van der Waals surface area (Å²) in [5.74, 6) is 0. The third kappa shape index (κ3) is 2.23. The van der Waals surface area contributed by atoms with E-state index in [9.17, 15) is 20.2 Å². The normalized spacial score (nSPS) is 10.8. The number of benzene rings is 2. The molecule has 0 aliphatic carbocycles. The topological polar surface area (TPSA) is 117 Å². The molecule has 0 saturated heterocycles. The third-order valence-electron chi connectivity index (χ3n) is 2.93. The van der Waals surface area contributed by atoms with Crippen LogP contribution in [0.15, 0.2) is 36.4 Å². The highest BCUT2D eigenvalue weighted by atomic mass is 35.5. The molecule has 0 bridgehead atoms. The van der Waals surface area contributed by atoms with E-state index < -0.39 is 21.2 Å². The Hall–Kier alpha value is -3.07. The van der Waals surface area contributed by atoms with Crippen molar-refractivity contribution in [1.29, 1.82) is 0 Å². The van der Waals surface area contributed by atoms with Crippen LogP contribution in [-0.2, 0) is 0 Å². The SMILES string of the molecule is O=[N+]([O-])c1cc([N+](=O)[O-])c2nn(-c3ccccc3Cl)nc2c1. The molecule has 22 heavy (non-hydrogen) atoms. The first-order chi connectivity index (χ1) is 10.5. The van der Waals surface area contributed by atoms with Crippen LogP contribution in [0.4, 0.5) is 11.4 Å². The minimum Gasteiger partial charge on any atom is -0.258 e. The lowest BCUT2D eigenvalue weighted by Crippen LogP contribution is -1.99. The average molecular weight is 320 g/mol. The summed E-state index contributed by atoms with van der Waals surface area (Å²) >= 11 is 6.03. The van der Waals surface area contributed by atoms with Gasteiger partial charge in [-0.15, -0.1) is 15.0 Å². The second-order valence-corrected chi connectivity index (χ2v) is 4.69. The Bertz CT molecular complexity index is 923. The largest absolute Gasteiger partial charge is 0.305 e. The number of hydrogen-bond acceptors (Lipinski definition) is 6. The highest BCUT2D eigenvalue weighted by molar-refractivity contribution is 6.32. The zero-order chi connectivity index (χ0) is 15.9. The number of para-hydroxylation sites is 1. The van der Waals surface area contributed by atoms with Crippen LogP contribution in [0.3, 0.4) is 0 Å². The molecule has 0 atom stereocenters. The van der Waals surface area contributed by atoms with Crippen LogP contribution in [0.25, 0.3) is 16.7 Å². The van der Waals surface area contributed by atoms with E-state index in [2.05, 4.69) is 10.2 Å². The Labute approximate surface area is 127 Å². The van der Waals surface area contributed by atoms with Gasteiger partial charge in [-0.05, 0) is 12.1 Å². The molecule has 0 unspecified atom stereocenters. The number of nitro benzene ring substituents is 2. The molecule has 110 valence electrons. The lowest BCUT2D eigenvalue weighted by atomic mass is 10.2. The van der Waals surface area contributed by atoms with Crippen LogP contribution in [0, 0.1) is 20.2 Å². The molecular weight excluding hydrogens is 314 g/mol. The van der Waals surface area contributed by atoms with Crippen molar-refractivity contribution in [2.45, 2.75) is 0 Å². The summed E-state index contributed by atoms with van der Waals surface area (Å²) in [6.07, 6.45) is 0. The maximum atomic E-state index is 11.1. The van der Waals surface area contributed by atoms with Gasteiger partial charge in [0.1, 0.15) is 11.2 Å². The van der Waals surface area contributed by atoms with Gasteiger partial charge >= 0.3 is 5.69 Å². The molecule has 3 aromatic rings. The van der Waals surface area contributed by atoms with Crippen molar-refractivity contribution in [1.82, 2.24) is 15.0 Å². The number of non-ortho nitro benzene ring substituents is 2. The first kappa shape index (κ1) is 13.9. The summed E-state index contributed by atoms with van der Waals surface area (Å²) in [6, 6.07) is 8.63. The molecule has 0 radical (unpaired) electrons. The second-order valence-electron chi connectivity index (χ2n) is 4.29. The molecule has 2 aromatic carbocycles. The Balaban J connectivity index is 2.29. The van der Waals surface area contributed by atoms with E-state index in [0.717, 1.165) is 16.9 Å². The molecule has 0 saturated carbocycles. The summed E-state index contributed by atoms with van der Waals surface area (Å²) in [5.41, 5.74) is -0.499. The Morgan fingerprint density at radius 2 is 1.77 bits per heavy atom. The van der Waals surface area contributed by atoms with Crippen molar-refractivity contribution in [2.75, 3.05) is 0 Å². The van der Waals surface area contributed by atoms with Gasteiger partial charge in [-0.1, -0.05) is 23.7 Å². The molecule has 0 N–H and O–H groups in total. The molecule has 9 nitrogen and oxygen atoms in total. The molecular formula is C12H6ClN5O4. The average Bonchev–Trinajstić information content (AvgIpc) is 2.89. The minimum absolute atomic E-state index is 0.0424. The van der Waals surface area contributed by atoms with E-state index in [1.165, 1.54) is 0 Å². The van der Waals surface area contributed by atoms with Gasteiger partial charge in [-0.25, -0.2) is 0 Å². The summed E-state index contributed by atoms with van der Waals surface area (Å²) in [6.45, 7) is 0. The fraction of sp³-hybridized carbons (Fsp3) is 0. The Kier molecular flexibility index (Phi) is 3.18. The highest BCUT2D eigenvalue weighted by Crippen LogP contribution is 2.29. The Morgan fingerprint density at radius 1 is 1.05 bits per heavy atom. The molecule has 1 aromatic heterocycles. The molecule has 10 heteroatoms. The van der Waals surface area contributed by atoms with Crippen LogP contribution >= 0.6 is 11.6 Å². The van der Waals surface area contributed by atoms with E-state index in [-0.39, 0.29) is 11.0 Å². The van der Waals surface area contributed by atoms with E-state index in [0.29, 0.717) is 10.7 Å². The fourth-order valence-electron chi connectivity index (χ4n) is 1.95. The maximum Gasteiger partial charge on any atom is 0.305 e. The van der Waals surface area contributed by atoms with Gasteiger partial charge in [0.05, 0.1) is 20.9 Å². The van der Waals surface area contributed by atoms with Crippen molar-refractivity contribution < 1.29 is 9.85 Å². The number of halogens is 1. The Morgan fingerprint density at radius 3 is 2.41 bits per heavy atom. The molecule has 3 rings (SSSR count). The summed E-state index contributed by atoms with van der Waals surface area (Å²) in [5, 5.41) is 30.4. The second kappa shape index (κ2) is 5.04. The van der Waals surface area contributed by atoms with Crippen LogP contribution in [0.2, 0.25) is 5.02 Å². The predicted octanol–water partition coefficient (Wildman–Crippen LogP) is 2.89. The molecule has 0 fully saturated rings. The number of aromatic nitrogens is 3. The molecule has 0 amide bonds. The predicted molar refractivity (Wildman–Crippen MR) is 77.2 cm³/mol. The molecule has 0 aliphatic heterocycles. The van der Waals surface area contributed by atoms with Crippen LogP contribution < -0.4 is 0 Å². The quantitative estimate of drug-likeness (QED) is 0.541. The number of nitrogens with zero attached hydrogens (tertiary/aromatic N) is 5. The monoisotopic (exact) mass is 319 g/mol.